The number of nitrogens with one attached hydrogen (secondary N) is 1. The van der Waals surface area contributed by atoms with Crippen LogP contribution in [-0.2, 0) is 0 Å². The Morgan fingerprint density at radius 3 is 2.90 bits per heavy atom. The molecule has 0 spiro atoms. The van der Waals surface area contributed by atoms with Crippen molar-refractivity contribution < 1.29 is 9.32 Å². The van der Waals surface area contributed by atoms with Gasteiger partial charge in [-0.1, -0.05) is 25.1 Å². The maximum absolute atomic E-state index is 12.0. The van der Waals surface area contributed by atoms with Gasteiger partial charge in [-0.05, 0) is 12.1 Å². The van der Waals surface area contributed by atoms with Crippen LogP contribution in [0.1, 0.15) is 36.0 Å². The van der Waals surface area contributed by atoms with E-state index in [0.717, 1.165) is 5.52 Å². The zero-order chi connectivity index (χ0) is 14.1. The SMILES string of the molecule is CC(C)c1cc(C(=O)Nc2cc3ccccn3n2)no1. The smallest absolute Gasteiger partial charge is 0.279 e. The topological polar surface area (TPSA) is 72.4 Å². The van der Waals surface area contributed by atoms with E-state index in [-0.39, 0.29) is 17.5 Å². The second-order valence-corrected chi connectivity index (χ2v) is 4.82. The third-order valence-electron chi connectivity index (χ3n) is 2.94. The van der Waals surface area contributed by atoms with Gasteiger partial charge in [-0.15, -0.1) is 0 Å². The minimum atomic E-state index is -0.330. The van der Waals surface area contributed by atoms with E-state index >= 15 is 0 Å². The average Bonchev–Trinajstić information content (AvgIpc) is 3.04. The van der Waals surface area contributed by atoms with Crippen molar-refractivity contribution in [1.82, 2.24) is 14.8 Å². The van der Waals surface area contributed by atoms with Gasteiger partial charge >= 0.3 is 0 Å². The lowest BCUT2D eigenvalue weighted by molar-refractivity contribution is 0.101. The number of hydrogen-bond acceptors (Lipinski definition) is 4. The number of aromatic nitrogens is 3. The molecule has 1 N–H and O–H groups in total. The van der Waals surface area contributed by atoms with Crippen molar-refractivity contribution in [2.75, 3.05) is 5.32 Å². The van der Waals surface area contributed by atoms with E-state index < -0.39 is 0 Å². The number of rotatable bonds is 3. The second kappa shape index (κ2) is 4.80. The summed E-state index contributed by atoms with van der Waals surface area (Å²) < 4.78 is 6.80. The van der Waals surface area contributed by atoms with Gasteiger partial charge in [-0.3, -0.25) is 4.79 Å². The molecule has 102 valence electrons. The fraction of sp³-hybridized carbons (Fsp3) is 0.214. The largest absolute Gasteiger partial charge is 0.360 e. The molecule has 20 heavy (non-hydrogen) atoms. The van der Waals surface area contributed by atoms with Crippen LogP contribution in [-0.4, -0.2) is 20.7 Å². The van der Waals surface area contributed by atoms with Crippen LogP contribution in [0, 0.1) is 0 Å². The Balaban J connectivity index is 1.80. The molecule has 3 heterocycles. The molecule has 6 heteroatoms. The number of carbonyl (C=O) groups excluding carboxylic acids is 1. The number of amides is 1. The molecule has 6 nitrogen and oxygen atoms in total. The first kappa shape index (κ1) is 12.4. The lowest BCUT2D eigenvalue weighted by Crippen LogP contribution is -2.12. The molecule has 0 saturated carbocycles. The predicted molar refractivity (Wildman–Crippen MR) is 73.7 cm³/mol. The summed E-state index contributed by atoms with van der Waals surface area (Å²) >= 11 is 0. The number of anilines is 1. The maximum atomic E-state index is 12.0. The van der Waals surface area contributed by atoms with Crippen molar-refractivity contribution in [3.8, 4) is 0 Å². The van der Waals surface area contributed by atoms with Gasteiger partial charge in [0.15, 0.2) is 11.5 Å². The molecule has 0 aliphatic rings. The van der Waals surface area contributed by atoms with Crippen LogP contribution in [0.2, 0.25) is 0 Å². The molecule has 1 amide bonds. The first-order valence-corrected chi connectivity index (χ1v) is 6.36. The molecule has 3 aromatic rings. The summed E-state index contributed by atoms with van der Waals surface area (Å²) in [6.07, 6.45) is 1.82. The van der Waals surface area contributed by atoms with Gasteiger partial charge in [0.25, 0.3) is 5.91 Å². The Hall–Kier alpha value is -2.63. The summed E-state index contributed by atoms with van der Waals surface area (Å²) in [6.45, 7) is 3.95. The van der Waals surface area contributed by atoms with Gasteiger partial charge < -0.3 is 9.84 Å². The third-order valence-corrected chi connectivity index (χ3v) is 2.94. The Labute approximate surface area is 115 Å². The van der Waals surface area contributed by atoms with Crippen molar-refractivity contribution in [1.29, 1.82) is 0 Å². The van der Waals surface area contributed by atoms with Crippen molar-refractivity contribution in [3.63, 3.8) is 0 Å². The van der Waals surface area contributed by atoms with Crippen LogP contribution in [0.5, 0.6) is 0 Å². The summed E-state index contributed by atoms with van der Waals surface area (Å²) in [4.78, 5) is 12.0. The molecule has 0 radical (unpaired) electrons. The fourth-order valence-electron chi connectivity index (χ4n) is 1.85. The normalized spacial score (nSPS) is 11.2. The van der Waals surface area contributed by atoms with E-state index in [4.69, 9.17) is 4.52 Å². The minimum Gasteiger partial charge on any atom is -0.360 e. The summed E-state index contributed by atoms with van der Waals surface area (Å²) in [6, 6.07) is 9.14. The van der Waals surface area contributed by atoms with Gasteiger partial charge in [0.2, 0.25) is 0 Å². The van der Waals surface area contributed by atoms with Crippen LogP contribution in [0.15, 0.2) is 41.1 Å². The Morgan fingerprint density at radius 1 is 1.35 bits per heavy atom. The Kier molecular flexibility index (Phi) is 2.98. The molecule has 3 aromatic heterocycles. The quantitative estimate of drug-likeness (QED) is 0.794. The number of carbonyl (C=O) groups is 1. The van der Waals surface area contributed by atoms with Gasteiger partial charge in [0.05, 0.1) is 5.52 Å². The van der Waals surface area contributed by atoms with E-state index in [1.807, 2.05) is 38.2 Å². The van der Waals surface area contributed by atoms with Crippen LogP contribution < -0.4 is 5.32 Å². The highest BCUT2D eigenvalue weighted by Crippen LogP contribution is 2.16. The van der Waals surface area contributed by atoms with Crippen molar-refractivity contribution in [2.24, 2.45) is 0 Å². The maximum Gasteiger partial charge on any atom is 0.279 e. The van der Waals surface area contributed by atoms with Crippen LogP contribution >= 0.6 is 0 Å². The van der Waals surface area contributed by atoms with Crippen molar-refractivity contribution in [3.05, 3.63) is 48.0 Å². The standard InChI is InChI=1S/C14H14N4O2/c1-9(2)12-8-11(17-20-12)14(19)15-13-7-10-5-3-4-6-18(10)16-13/h3-9H,1-2H3,(H,15,16,19). The molecule has 0 aromatic carbocycles. The van der Waals surface area contributed by atoms with Gasteiger partial charge in [-0.25, -0.2) is 4.52 Å². The predicted octanol–water partition coefficient (Wildman–Crippen LogP) is 2.70. The van der Waals surface area contributed by atoms with E-state index in [1.165, 1.54) is 0 Å². The fourth-order valence-corrected chi connectivity index (χ4v) is 1.85. The van der Waals surface area contributed by atoms with E-state index in [1.54, 1.807) is 16.6 Å². The summed E-state index contributed by atoms with van der Waals surface area (Å²) in [5.74, 6) is 1.03. The minimum absolute atomic E-state index is 0.194. The summed E-state index contributed by atoms with van der Waals surface area (Å²) in [7, 11) is 0. The zero-order valence-electron chi connectivity index (χ0n) is 11.2. The Morgan fingerprint density at radius 2 is 2.20 bits per heavy atom. The van der Waals surface area contributed by atoms with Crippen molar-refractivity contribution >= 4 is 17.2 Å². The molecule has 0 aliphatic carbocycles. The zero-order valence-corrected chi connectivity index (χ0v) is 11.2. The lowest BCUT2D eigenvalue weighted by atomic mass is 10.1. The molecule has 0 unspecified atom stereocenters. The highest BCUT2D eigenvalue weighted by molar-refractivity contribution is 6.02. The highest BCUT2D eigenvalue weighted by atomic mass is 16.5. The molecular weight excluding hydrogens is 256 g/mol. The molecule has 3 rings (SSSR count). The van der Waals surface area contributed by atoms with Gasteiger partial charge in [-0.2, -0.15) is 5.10 Å². The highest BCUT2D eigenvalue weighted by Gasteiger charge is 2.15. The molecular formula is C14H14N4O2. The van der Waals surface area contributed by atoms with E-state index in [9.17, 15) is 4.79 Å². The Bertz CT molecular complexity index is 724. The lowest BCUT2D eigenvalue weighted by Gasteiger charge is -1.96. The van der Waals surface area contributed by atoms with E-state index in [2.05, 4.69) is 15.6 Å². The molecule has 0 atom stereocenters. The molecule has 0 fully saturated rings. The van der Waals surface area contributed by atoms with Crippen LogP contribution in [0.25, 0.3) is 5.52 Å². The number of nitrogens with zero attached hydrogens (tertiary/aromatic N) is 3. The summed E-state index contributed by atoms with van der Waals surface area (Å²) in [5.41, 5.74) is 1.16. The second-order valence-electron chi connectivity index (χ2n) is 4.82. The van der Waals surface area contributed by atoms with Gasteiger partial charge in [0.1, 0.15) is 5.76 Å². The first-order valence-electron chi connectivity index (χ1n) is 6.36. The van der Waals surface area contributed by atoms with Gasteiger partial charge in [0, 0.05) is 24.2 Å². The summed E-state index contributed by atoms with van der Waals surface area (Å²) in [5, 5.41) is 10.7. The average molecular weight is 270 g/mol. The first-order chi connectivity index (χ1) is 9.63. The third kappa shape index (κ3) is 2.27. The molecule has 0 bridgehead atoms. The van der Waals surface area contributed by atoms with Crippen LogP contribution in [0.3, 0.4) is 0 Å². The molecule has 0 saturated heterocycles. The number of fused-ring (bicyclic) bond motifs is 1. The number of pyridine rings is 1. The van der Waals surface area contributed by atoms with Crippen molar-refractivity contribution in [2.45, 2.75) is 19.8 Å². The van der Waals surface area contributed by atoms with E-state index in [0.29, 0.717) is 11.6 Å². The monoisotopic (exact) mass is 270 g/mol. The van der Waals surface area contributed by atoms with Crippen LogP contribution in [0.4, 0.5) is 5.82 Å². The molecule has 0 aliphatic heterocycles. The number of hydrogen-bond donors (Lipinski definition) is 1.